The van der Waals surface area contributed by atoms with Gasteiger partial charge in [-0.3, -0.25) is 0 Å². The number of hydrogen-bond acceptors (Lipinski definition) is 3. The summed E-state index contributed by atoms with van der Waals surface area (Å²) in [5, 5.41) is 4.18. The zero-order chi connectivity index (χ0) is 12.1. The molecule has 17 heavy (non-hydrogen) atoms. The summed E-state index contributed by atoms with van der Waals surface area (Å²) in [5.74, 6) is 0. The molecule has 1 N–H and O–H groups in total. The molecule has 1 aromatic heterocycles. The lowest BCUT2D eigenvalue weighted by molar-refractivity contribution is 0.256. The van der Waals surface area contributed by atoms with Crippen molar-refractivity contribution in [2.75, 3.05) is 20.1 Å². The van der Waals surface area contributed by atoms with Gasteiger partial charge in [-0.05, 0) is 32.5 Å². The van der Waals surface area contributed by atoms with Crippen molar-refractivity contribution in [3.05, 3.63) is 29.0 Å². The predicted octanol–water partition coefficient (Wildman–Crippen LogP) is 2.31. The third kappa shape index (κ3) is 3.95. The lowest BCUT2D eigenvalue weighted by atomic mass is 10.0. The average molecular weight is 254 g/mol. The maximum absolute atomic E-state index is 6.06. The molecular weight excluding hydrogens is 234 g/mol. The number of hydrogen-bond donors (Lipinski definition) is 1. The molecule has 1 fully saturated rings. The summed E-state index contributed by atoms with van der Waals surface area (Å²) < 4.78 is 0. The third-order valence-corrected chi connectivity index (χ3v) is 3.56. The van der Waals surface area contributed by atoms with Gasteiger partial charge in [0.25, 0.3) is 0 Å². The molecule has 4 heteroatoms. The van der Waals surface area contributed by atoms with Crippen LogP contribution in [0.2, 0.25) is 5.15 Å². The molecule has 1 saturated heterocycles. The van der Waals surface area contributed by atoms with Crippen LogP contribution in [0.1, 0.15) is 24.8 Å². The molecule has 1 aromatic rings. The number of piperidine rings is 1. The Morgan fingerprint density at radius 1 is 1.53 bits per heavy atom. The SMILES string of the molecule is CN(Cc1cccnc1Cl)CC1CCCCN1. The predicted molar refractivity (Wildman–Crippen MR) is 71.2 cm³/mol. The molecule has 0 spiro atoms. The van der Waals surface area contributed by atoms with Crippen LogP contribution < -0.4 is 5.32 Å². The molecule has 1 unspecified atom stereocenters. The minimum absolute atomic E-state index is 0.621. The van der Waals surface area contributed by atoms with Gasteiger partial charge in [-0.15, -0.1) is 0 Å². The first-order valence-corrected chi connectivity index (χ1v) is 6.65. The lowest BCUT2D eigenvalue weighted by Crippen LogP contribution is -2.42. The maximum Gasteiger partial charge on any atom is 0.133 e. The normalized spacial score (nSPS) is 20.8. The van der Waals surface area contributed by atoms with Crippen LogP contribution in [0.3, 0.4) is 0 Å². The number of nitrogens with zero attached hydrogens (tertiary/aromatic N) is 2. The van der Waals surface area contributed by atoms with Crippen molar-refractivity contribution < 1.29 is 0 Å². The largest absolute Gasteiger partial charge is 0.313 e. The number of aromatic nitrogens is 1. The van der Waals surface area contributed by atoms with Crippen LogP contribution in [0.15, 0.2) is 18.3 Å². The Hall–Kier alpha value is -0.640. The highest BCUT2D eigenvalue weighted by atomic mass is 35.5. The summed E-state index contributed by atoms with van der Waals surface area (Å²) in [6.45, 7) is 3.10. The van der Waals surface area contributed by atoms with Crippen molar-refractivity contribution in [3.63, 3.8) is 0 Å². The summed E-state index contributed by atoms with van der Waals surface area (Å²) >= 11 is 6.06. The van der Waals surface area contributed by atoms with Gasteiger partial charge in [0.1, 0.15) is 5.15 Å². The van der Waals surface area contributed by atoms with E-state index in [1.807, 2.05) is 12.1 Å². The molecule has 1 atom stereocenters. The summed E-state index contributed by atoms with van der Waals surface area (Å²) in [4.78, 5) is 6.41. The highest BCUT2D eigenvalue weighted by Gasteiger charge is 2.15. The van der Waals surface area contributed by atoms with E-state index in [4.69, 9.17) is 11.6 Å². The fourth-order valence-corrected chi connectivity index (χ4v) is 2.53. The van der Waals surface area contributed by atoms with Gasteiger partial charge in [0.15, 0.2) is 0 Å². The Bertz CT molecular complexity index is 350. The van der Waals surface area contributed by atoms with Gasteiger partial charge in [-0.25, -0.2) is 4.98 Å². The van der Waals surface area contributed by atoms with Crippen LogP contribution in [-0.2, 0) is 6.54 Å². The summed E-state index contributed by atoms with van der Waals surface area (Å²) in [6, 6.07) is 4.61. The van der Waals surface area contributed by atoms with Crippen LogP contribution in [-0.4, -0.2) is 36.1 Å². The van der Waals surface area contributed by atoms with Gasteiger partial charge in [0, 0.05) is 30.9 Å². The average Bonchev–Trinajstić information content (AvgIpc) is 2.33. The second-order valence-corrected chi connectivity index (χ2v) is 5.15. The molecule has 2 heterocycles. The van der Waals surface area contributed by atoms with Crippen molar-refractivity contribution in [2.24, 2.45) is 0 Å². The second-order valence-electron chi connectivity index (χ2n) is 4.80. The molecule has 0 aliphatic carbocycles. The van der Waals surface area contributed by atoms with Crippen molar-refractivity contribution in [1.29, 1.82) is 0 Å². The number of likely N-dealkylation sites (N-methyl/N-ethyl adjacent to an activating group) is 1. The molecule has 0 amide bonds. The lowest BCUT2D eigenvalue weighted by Gasteiger charge is -2.28. The molecule has 0 radical (unpaired) electrons. The molecule has 0 saturated carbocycles. The van der Waals surface area contributed by atoms with Crippen molar-refractivity contribution in [3.8, 4) is 0 Å². The van der Waals surface area contributed by atoms with Crippen molar-refractivity contribution >= 4 is 11.6 Å². The van der Waals surface area contributed by atoms with Crippen LogP contribution in [0.4, 0.5) is 0 Å². The molecule has 2 rings (SSSR count). The fourth-order valence-electron chi connectivity index (χ4n) is 2.35. The fraction of sp³-hybridized carbons (Fsp3) is 0.615. The summed E-state index contributed by atoms with van der Waals surface area (Å²) in [7, 11) is 2.14. The molecule has 0 bridgehead atoms. The molecule has 1 aliphatic rings. The van der Waals surface area contributed by atoms with E-state index in [1.54, 1.807) is 6.20 Å². The van der Waals surface area contributed by atoms with E-state index in [-0.39, 0.29) is 0 Å². The zero-order valence-electron chi connectivity index (χ0n) is 10.3. The van der Waals surface area contributed by atoms with Crippen molar-refractivity contribution in [1.82, 2.24) is 15.2 Å². The van der Waals surface area contributed by atoms with Crippen molar-refractivity contribution in [2.45, 2.75) is 31.8 Å². The van der Waals surface area contributed by atoms with Crippen LogP contribution in [0.25, 0.3) is 0 Å². The first-order chi connectivity index (χ1) is 8.25. The molecular formula is C13H20ClN3. The summed E-state index contributed by atoms with van der Waals surface area (Å²) in [5.41, 5.74) is 1.10. The van der Waals surface area contributed by atoms with E-state index in [1.165, 1.54) is 19.3 Å². The standard InChI is InChI=1S/C13H20ClN3/c1-17(10-12-6-2-3-7-15-12)9-11-5-4-8-16-13(11)14/h4-5,8,12,15H,2-3,6-7,9-10H2,1H3. The van der Waals surface area contributed by atoms with Gasteiger partial charge in [0.2, 0.25) is 0 Å². The number of pyridine rings is 1. The van der Waals surface area contributed by atoms with Gasteiger partial charge in [-0.1, -0.05) is 24.1 Å². The highest BCUT2D eigenvalue weighted by molar-refractivity contribution is 6.30. The van der Waals surface area contributed by atoms with E-state index < -0.39 is 0 Å². The zero-order valence-corrected chi connectivity index (χ0v) is 11.1. The molecule has 94 valence electrons. The van der Waals surface area contributed by atoms with E-state index in [0.29, 0.717) is 11.2 Å². The van der Waals surface area contributed by atoms with Gasteiger partial charge in [0.05, 0.1) is 0 Å². The smallest absolute Gasteiger partial charge is 0.133 e. The van der Waals surface area contributed by atoms with E-state index in [2.05, 4.69) is 22.2 Å². The van der Waals surface area contributed by atoms with E-state index in [0.717, 1.165) is 25.2 Å². The Morgan fingerprint density at radius 3 is 3.12 bits per heavy atom. The topological polar surface area (TPSA) is 28.2 Å². The number of nitrogens with one attached hydrogen (secondary N) is 1. The van der Waals surface area contributed by atoms with Gasteiger partial charge < -0.3 is 10.2 Å². The number of rotatable bonds is 4. The van der Waals surface area contributed by atoms with Gasteiger partial charge in [-0.2, -0.15) is 0 Å². The maximum atomic E-state index is 6.06. The minimum Gasteiger partial charge on any atom is -0.313 e. The van der Waals surface area contributed by atoms with Crippen LogP contribution >= 0.6 is 11.6 Å². The van der Waals surface area contributed by atoms with E-state index >= 15 is 0 Å². The van der Waals surface area contributed by atoms with Crippen LogP contribution in [0, 0.1) is 0 Å². The number of halogens is 1. The summed E-state index contributed by atoms with van der Waals surface area (Å²) in [6.07, 6.45) is 5.67. The van der Waals surface area contributed by atoms with Crippen LogP contribution in [0.5, 0.6) is 0 Å². The molecule has 0 aromatic carbocycles. The quantitative estimate of drug-likeness (QED) is 0.835. The van der Waals surface area contributed by atoms with E-state index in [9.17, 15) is 0 Å². The Balaban J connectivity index is 1.84. The minimum atomic E-state index is 0.621. The monoisotopic (exact) mass is 253 g/mol. The van der Waals surface area contributed by atoms with Gasteiger partial charge >= 0.3 is 0 Å². The first kappa shape index (κ1) is 12.8. The first-order valence-electron chi connectivity index (χ1n) is 6.27. The molecule has 1 aliphatic heterocycles. The Kier molecular flexibility index (Phi) is 4.77. The molecule has 3 nitrogen and oxygen atoms in total. The second kappa shape index (κ2) is 6.34. The Morgan fingerprint density at radius 2 is 2.41 bits per heavy atom. The Labute approximate surface area is 108 Å². The highest BCUT2D eigenvalue weighted by Crippen LogP contribution is 2.14. The third-order valence-electron chi connectivity index (χ3n) is 3.22.